The number of fused-ring (bicyclic) bond motifs is 1. The molecule has 0 spiro atoms. The Morgan fingerprint density at radius 2 is 1.92 bits per heavy atom. The molecule has 1 N–H and O–H groups in total. The van der Waals surface area contributed by atoms with Crippen LogP contribution in [0, 0.1) is 12.3 Å². The van der Waals surface area contributed by atoms with E-state index in [2.05, 4.69) is 4.98 Å². The molecule has 0 atom stereocenters. The molecule has 0 fully saturated rings. The Morgan fingerprint density at radius 1 is 1.20 bits per heavy atom. The zero-order valence-corrected chi connectivity index (χ0v) is 13.6. The summed E-state index contributed by atoms with van der Waals surface area (Å²) in [6, 6.07) is 7.74. The maximum absolute atomic E-state index is 13.0. The molecule has 3 aromatic rings. The van der Waals surface area contributed by atoms with Gasteiger partial charge in [0.1, 0.15) is 11.1 Å². The summed E-state index contributed by atoms with van der Waals surface area (Å²) in [4.78, 5) is 17.1. The molecule has 0 radical (unpaired) electrons. The van der Waals surface area contributed by atoms with Crippen LogP contribution >= 0.6 is 0 Å². The number of aromatic nitrogens is 3. The second-order valence-corrected chi connectivity index (χ2v) is 5.58. The van der Waals surface area contributed by atoms with Crippen molar-refractivity contribution in [1.29, 1.82) is 5.41 Å². The zero-order chi connectivity index (χ0) is 18.4. The summed E-state index contributed by atoms with van der Waals surface area (Å²) < 4.78 is 41.3. The third-order valence-electron chi connectivity index (χ3n) is 3.92. The van der Waals surface area contributed by atoms with E-state index < -0.39 is 17.4 Å². The van der Waals surface area contributed by atoms with Gasteiger partial charge in [0.15, 0.2) is 0 Å². The highest BCUT2D eigenvalue weighted by atomic mass is 19.4. The minimum absolute atomic E-state index is 0.00509. The van der Waals surface area contributed by atoms with Crippen LogP contribution in [0.25, 0.3) is 16.7 Å². The quantitative estimate of drug-likeness (QED) is 0.774. The van der Waals surface area contributed by atoms with E-state index in [0.29, 0.717) is 16.7 Å². The first-order chi connectivity index (χ1) is 11.7. The van der Waals surface area contributed by atoms with Crippen LogP contribution in [0.1, 0.15) is 18.2 Å². The summed E-state index contributed by atoms with van der Waals surface area (Å²) in [5.74, 6) is 0. The third-order valence-corrected chi connectivity index (χ3v) is 3.92. The average molecular weight is 348 g/mol. The van der Waals surface area contributed by atoms with Crippen LogP contribution in [0.2, 0.25) is 0 Å². The number of nitrogens with one attached hydrogen (secondary N) is 1. The van der Waals surface area contributed by atoms with Crippen LogP contribution in [-0.4, -0.2) is 14.1 Å². The fourth-order valence-corrected chi connectivity index (χ4v) is 2.71. The van der Waals surface area contributed by atoms with Gasteiger partial charge in [-0.1, -0.05) is 6.07 Å². The van der Waals surface area contributed by atoms with Crippen LogP contribution in [0.3, 0.4) is 0 Å². The number of halogens is 3. The molecule has 0 aliphatic rings. The number of hydrogen-bond acceptors (Lipinski definition) is 3. The lowest BCUT2D eigenvalue weighted by Crippen LogP contribution is -2.39. The Bertz CT molecular complexity index is 1080. The van der Waals surface area contributed by atoms with Crippen molar-refractivity contribution >= 4 is 11.0 Å². The van der Waals surface area contributed by atoms with Crippen LogP contribution in [-0.2, 0) is 12.7 Å². The molecular formula is C17H15F3N4O. The molecule has 8 heteroatoms. The molecule has 1 aromatic carbocycles. The van der Waals surface area contributed by atoms with Crippen molar-refractivity contribution in [3.8, 4) is 5.69 Å². The van der Waals surface area contributed by atoms with E-state index in [1.807, 2.05) is 0 Å². The minimum Gasteiger partial charge on any atom is -0.283 e. The van der Waals surface area contributed by atoms with Crippen LogP contribution in [0.5, 0.6) is 0 Å². The van der Waals surface area contributed by atoms with Crippen LogP contribution in [0.4, 0.5) is 13.2 Å². The molecule has 0 aliphatic heterocycles. The Balaban J connectivity index is 2.41. The largest absolute Gasteiger partial charge is 0.416 e. The summed E-state index contributed by atoms with van der Waals surface area (Å²) in [6.45, 7) is 3.79. The van der Waals surface area contributed by atoms with Gasteiger partial charge in [-0.2, -0.15) is 13.2 Å². The summed E-state index contributed by atoms with van der Waals surface area (Å²) >= 11 is 0. The lowest BCUT2D eigenvalue weighted by molar-refractivity contribution is -0.137. The molecule has 0 aliphatic carbocycles. The van der Waals surface area contributed by atoms with Crippen molar-refractivity contribution in [2.45, 2.75) is 26.6 Å². The summed E-state index contributed by atoms with van der Waals surface area (Å²) in [5.41, 5.74) is -0.643. The predicted octanol–water partition coefficient (Wildman–Crippen LogP) is 3.01. The van der Waals surface area contributed by atoms with E-state index >= 15 is 0 Å². The highest BCUT2D eigenvalue weighted by Crippen LogP contribution is 2.30. The molecule has 0 bridgehead atoms. The first-order valence-corrected chi connectivity index (χ1v) is 7.59. The zero-order valence-electron chi connectivity index (χ0n) is 13.6. The van der Waals surface area contributed by atoms with Crippen molar-refractivity contribution in [2.75, 3.05) is 0 Å². The van der Waals surface area contributed by atoms with Crippen molar-refractivity contribution in [3.05, 3.63) is 63.6 Å². The van der Waals surface area contributed by atoms with E-state index in [-0.39, 0.29) is 17.7 Å². The molecule has 0 unspecified atom stereocenters. The number of benzene rings is 1. The van der Waals surface area contributed by atoms with E-state index in [4.69, 9.17) is 5.41 Å². The summed E-state index contributed by atoms with van der Waals surface area (Å²) in [6.07, 6.45) is -4.53. The van der Waals surface area contributed by atoms with Crippen molar-refractivity contribution in [1.82, 2.24) is 14.1 Å². The van der Waals surface area contributed by atoms with E-state index in [0.717, 1.165) is 16.7 Å². The highest BCUT2D eigenvalue weighted by molar-refractivity contribution is 5.74. The Labute approximate surface area is 140 Å². The van der Waals surface area contributed by atoms with Gasteiger partial charge in [-0.15, -0.1) is 0 Å². The monoisotopic (exact) mass is 348 g/mol. The van der Waals surface area contributed by atoms with E-state index in [1.54, 1.807) is 26.0 Å². The number of nitrogens with zero attached hydrogens (tertiary/aromatic N) is 3. The fourth-order valence-electron chi connectivity index (χ4n) is 2.71. The molecule has 5 nitrogen and oxygen atoms in total. The molecule has 0 saturated carbocycles. The topological polar surface area (TPSA) is 63.7 Å². The van der Waals surface area contributed by atoms with Gasteiger partial charge in [-0.05, 0) is 44.2 Å². The Kier molecular flexibility index (Phi) is 3.98. The second-order valence-electron chi connectivity index (χ2n) is 5.58. The number of pyridine rings is 1. The number of hydrogen-bond donors (Lipinski definition) is 1. The van der Waals surface area contributed by atoms with Gasteiger partial charge < -0.3 is 0 Å². The number of rotatable bonds is 2. The van der Waals surface area contributed by atoms with Crippen molar-refractivity contribution < 1.29 is 13.2 Å². The van der Waals surface area contributed by atoms with E-state index in [9.17, 15) is 18.0 Å². The van der Waals surface area contributed by atoms with Gasteiger partial charge in [0.05, 0.1) is 16.6 Å². The maximum atomic E-state index is 13.0. The summed E-state index contributed by atoms with van der Waals surface area (Å²) in [7, 11) is 0. The van der Waals surface area contributed by atoms with E-state index in [1.165, 1.54) is 16.7 Å². The van der Waals surface area contributed by atoms with Gasteiger partial charge in [-0.25, -0.2) is 14.3 Å². The lowest BCUT2D eigenvalue weighted by atomic mass is 10.2. The smallest absolute Gasteiger partial charge is 0.283 e. The molecule has 2 heterocycles. The van der Waals surface area contributed by atoms with Gasteiger partial charge >= 0.3 is 11.9 Å². The van der Waals surface area contributed by atoms with Gasteiger partial charge in [0, 0.05) is 12.2 Å². The Hall–Kier alpha value is -2.90. The molecule has 0 saturated heterocycles. The molecular weight excluding hydrogens is 333 g/mol. The van der Waals surface area contributed by atoms with Gasteiger partial charge in [-0.3, -0.25) is 9.98 Å². The molecule has 130 valence electrons. The first kappa shape index (κ1) is 16.9. The van der Waals surface area contributed by atoms with Crippen LogP contribution < -0.4 is 11.2 Å². The molecule has 25 heavy (non-hydrogen) atoms. The molecule has 2 aromatic heterocycles. The second kappa shape index (κ2) is 5.87. The molecule has 3 rings (SSSR count). The minimum atomic E-state index is -4.53. The number of aryl methyl sites for hydroxylation is 2. The Morgan fingerprint density at radius 3 is 2.56 bits per heavy atom. The lowest BCUT2D eigenvalue weighted by Gasteiger charge is -2.15. The van der Waals surface area contributed by atoms with Crippen molar-refractivity contribution in [2.24, 2.45) is 0 Å². The normalized spacial score (nSPS) is 11.9. The number of alkyl halides is 3. The van der Waals surface area contributed by atoms with Gasteiger partial charge in [0.2, 0.25) is 0 Å². The maximum Gasteiger partial charge on any atom is 0.416 e. The third kappa shape index (κ3) is 2.84. The first-order valence-electron chi connectivity index (χ1n) is 7.59. The SMILES string of the molecule is CCn1c(=O)n(-c2cccc(C(F)(F)F)c2)c(=N)c2ccc(C)nc21. The van der Waals surface area contributed by atoms with Gasteiger partial charge in [0.25, 0.3) is 0 Å². The van der Waals surface area contributed by atoms with Crippen LogP contribution in [0.15, 0.2) is 41.2 Å². The standard InChI is InChI=1S/C17H15F3N4O/c1-3-23-15-13(8-7-10(2)22-15)14(21)24(16(23)25)12-6-4-5-11(9-12)17(18,19)20/h4-9,21H,3H2,1-2H3. The highest BCUT2D eigenvalue weighted by Gasteiger charge is 2.30. The molecule has 0 amide bonds. The average Bonchev–Trinajstić information content (AvgIpc) is 2.54. The summed E-state index contributed by atoms with van der Waals surface area (Å²) in [5, 5.41) is 8.71. The fraction of sp³-hybridized carbons (Fsp3) is 0.235. The van der Waals surface area contributed by atoms with Crippen molar-refractivity contribution in [3.63, 3.8) is 0 Å². The predicted molar refractivity (Wildman–Crippen MR) is 86.6 cm³/mol.